The summed E-state index contributed by atoms with van der Waals surface area (Å²) in [5, 5.41) is 0. The molecular weight excluding hydrogens is 196 g/mol. The Bertz CT molecular complexity index is 398. The molecule has 0 spiro atoms. The zero-order valence-corrected chi connectivity index (χ0v) is 8.90. The number of carbonyl (C=O) groups excluding carboxylic acids is 1. The second-order valence-corrected chi connectivity index (χ2v) is 2.89. The number of aryl methyl sites for hydroxylation is 1. The van der Waals surface area contributed by atoms with Gasteiger partial charge in [0.1, 0.15) is 5.69 Å². The second kappa shape index (κ2) is 5.24. The zero-order valence-electron chi connectivity index (χ0n) is 8.90. The second-order valence-electron chi connectivity index (χ2n) is 2.89. The molecule has 0 atom stereocenters. The Kier molecular flexibility index (Phi) is 3.97. The molecule has 80 valence electrons. The number of aliphatic imine (C=N–C) groups is 1. The number of hydrogen-bond donors (Lipinski definition) is 0. The highest BCUT2D eigenvalue weighted by atomic mass is 16.5. The van der Waals surface area contributed by atoms with Gasteiger partial charge >= 0.3 is 0 Å². The molecule has 0 unspecified atom stereocenters. The summed E-state index contributed by atoms with van der Waals surface area (Å²) < 4.78 is 10.1. The molecule has 5 nitrogen and oxygen atoms in total. The van der Waals surface area contributed by atoms with Gasteiger partial charge in [0.25, 0.3) is 0 Å². The summed E-state index contributed by atoms with van der Waals surface area (Å²) in [6.45, 7) is 2.10. The first-order chi connectivity index (χ1) is 7.24. The lowest BCUT2D eigenvalue weighted by atomic mass is 10.2. The Morgan fingerprint density at radius 1 is 1.53 bits per heavy atom. The highest BCUT2D eigenvalue weighted by Crippen LogP contribution is 2.33. The average Bonchev–Trinajstić information content (AvgIpc) is 2.23. The Morgan fingerprint density at radius 2 is 2.27 bits per heavy atom. The van der Waals surface area contributed by atoms with Crippen molar-refractivity contribution in [3.05, 3.63) is 17.5 Å². The minimum absolute atomic E-state index is 0.324. The van der Waals surface area contributed by atoms with Crippen molar-refractivity contribution < 1.29 is 14.3 Å². The number of methoxy groups -OCH3 is 2. The summed E-state index contributed by atoms with van der Waals surface area (Å²) in [5.41, 5.74) is 1.80. The summed E-state index contributed by atoms with van der Waals surface area (Å²) in [6.07, 6.45) is 3.11. The minimum atomic E-state index is 0.324. The summed E-state index contributed by atoms with van der Waals surface area (Å²) in [6, 6.07) is 0. The van der Waals surface area contributed by atoms with Crippen LogP contribution in [0.1, 0.15) is 11.3 Å². The SMILES string of the molecule is COCc1cnc(C)c(OC)c1N=C=O. The molecule has 0 radical (unpaired) electrons. The highest BCUT2D eigenvalue weighted by Gasteiger charge is 2.12. The normalized spacial score (nSPS) is 9.53. The van der Waals surface area contributed by atoms with E-state index in [1.807, 2.05) is 0 Å². The van der Waals surface area contributed by atoms with Crippen LogP contribution in [-0.2, 0) is 16.1 Å². The fraction of sp³-hybridized carbons (Fsp3) is 0.400. The largest absolute Gasteiger partial charge is 0.493 e. The van der Waals surface area contributed by atoms with Gasteiger partial charge in [0.2, 0.25) is 6.08 Å². The van der Waals surface area contributed by atoms with Gasteiger partial charge in [-0.05, 0) is 6.92 Å². The maximum Gasteiger partial charge on any atom is 0.240 e. The number of isocyanates is 1. The molecule has 0 aromatic carbocycles. The van der Waals surface area contributed by atoms with Crippen molar-refractivity contribution in [2.75, 3.05) is 14.2 Å². The monoisotopic (exact) mass is 208 g/mol. The van der Waals surface area contributed by atoms with Gasteiger partial charge in [-0.1, -0.05) is 0 Å². The van der Waals surface area contributed by atoms with E-state index in [1.165, 1.54) is 13.2 Å². The summed E-state index contributed by atoms with van der Waals surface area (Å²) in [4.78, 5) is 18.0. The summed E-state index contributed by atoms with van der Waals surface area (Å²) in [5.74, 6) is 0.480. The van der Waals surface area contributed by atoms with Crippen LogP contribution in [0.4, 0.5) is 5.69 Å². The molecule has 0 amide bonds. The Morgan fingerprint density at radius 3 is 2.80 bits per heavy atom. The maximum absolute atomic E-state index is 10.3. The van der Waals surface area contributed by atoms with E-state index in [4.69, 9.17) is 9.47 Å². The van der Waals surface area contributed by atoms with Crippen molar-refractivity contribution in [2.45, 2.75) is 13.5 Å². The van der Waals surface area contributed by atoms with E-state index in [2.05, 4.69) is 9.98 Å². The molecule has 0 aliphatic carbocycles. The lowest BCUT2D eigenvalue weighted by Gasteiger charge is -2.10. The molecule has 5 heteroatoms. The molecule has 0 bridgehead atoms. The molecule has 0 aliphatic rings. The fourth-order valence-corrected chi connectivity index (χ4v) is 1.29. The number of nitrogens with zero attached hydrogens (tertiary/aromatic N) is 2. The number of ether oxygens (including phenoxy) is 2. The molecule has 0 saturated carbocycles. The number of hydrogen-bond acceptors (Lipinski definition) is 5. The third kappa shape index (κ3) is 2.40. The van der Waals surface area contributed by atoms with E-state index in [1.54, 1.807) is 20.2 Å². The third-order valence-electron chi connectivity index (χ3n) is 1.92. The number of aromatic nitrogens is 1. The van der Waals surface area contributed by atoms with Crippen molar-refractivity contribution in [1.82, 2.24) is 4.98 Å². The highest BCUT2D eigenvalue weighted by molar-refractivity contribution is 5.63. The van der Waals surface area contributed by atoms with Gasteiger partial charge in [0.15, 0.2) is 5.75 Å². The van der Waals surface area contributed by atoms with Gasteiger partial charge < -0.3 is 9.47 Å². The van der Waals surface area contributed by atoms with Crippen LogP contribution in [0.25, 0.3) is 0 Å². The quantitative estimate of drug-likeness (QED) is 0.556. The zero-order chi connectivity index (χ0) is 11.3. The molecule has 1 aromatic heterocycles. The van der Waals surface area contributed by atoms with Gasteiger partial charge in [0.05, 0.1) is 19.4 Å². The van der Waals surface area contributed by atoms with Crippen LogP contribution >= 0.6 is 0 Å². The van der Waals surface area contributed by atoms with Gasteiger partial charge in [-0.25, -0.2) is 4.79 Å². The minimum Gasteiger partial charge on any atom is -0.493 e. The lowest BCUT2D eigenvalue weighted by molar-refractivity contribution is 0.184. The fourth-order valence-electron chi connectivity index (χ4n) is 1.29. The molecule has 0 N–H and O–H groups in total. The Labute approximate surface area is 87.8 Å². The maximum atomic E-state index is 10.3. The van der Waals surface area contributed by atoms with Crippen molar-refractivity contribution in [1.29, 1.82) is 0 Å². The third-order valence-corrected chi connectivity index (χ3v) is 1.92. The Balaban J connectivity index is 3.34. The smallest absolute Gasteiger partial charge is 0.240 e. The first-order valence-corrected chi connectivity index (χ1v) is 4.33. The molecule has 0 fully saturated rings. The number of pyridine rings is 1. The molecule has 1 rings (SSSR count). The predicted octanol–water partition coefficient (Wildman–Crippen LogP) is 1.51. The van der Waals surface area contributed by atoms with E-state index in [0.29, 0.717) is 29.3 Å². The molecular formula is C10H12N2O3. The van der Waals surface area contributed by atoms with Crippen molar-refractivity contribution in [2.24, 2.45) is 4.99 Å². The predicted molar refractivity (Wildman–Crippen MR) is 54.0 cm³/mol. The van der Waals surface area contributed by atoms with Crippen LogP contribution < -0.4 is 4.74 Å². The van der Waals surface area contributed by atoms with Crippen molar-refractivity contribution >= 4 is 11.8 Å². The molecule has 0 aliphatic heterocycles. The first kappa shape index (κ1) is 11.4. The standard InChI is InChI=1S/C10H12N2O3/c1-7-10(15-3)9(12-6-13)8(4-11-7)5-14-2/h4H,5H2,1-3H3. The summed E-state index contributed by atoms with van der Waals surface area (Å²) in [7, 11) is 3.06. The van der Waals surface area contributed by atoms with E-state index < -0.39 is 0 Å². The van der Waals surface area contributed by atoms with Crippen LogP contribution in [0, 0.1) is 6.92 Å². The first-order valence-electron chi connectivity index (χ1n) is 4.33. The van der Waals surface area contributed by atoms with Crippen LogP contribution in [0.2, 0.25) is 0 Å². The van der Waals surface area contributed by atoms with Crippen LogP contribution in [0.15, 0.2) is 11.2 Å². The van der Waals surface area contributed by atoms with Crippen LogP contribution in [-0.4, -0.2) is 25.3 Å². The lowest BCUT2D eigenvalue weighted by Crippen LogP contribution is -1.96. The van der Waals surface area contributed by atoms with Gasteiger partial charge in [-0.3, -0.25) is 4.98 Å². The van der Waals surface area contributed by atoms with Crippen molar-refractivity contribution in [3.8, 4) is 5.75 Å². The van der Waals surface area contributed by atoms with Crippen LogP contribution in [0.5, 0.6) is 5.75 Å². The van der Waals surface area contributed by atoms with Gasteiger partial charge in [-0.2, -0.15) is 4.99 Å². The number of rotatable bonds is 4. The average molecular weight is 208 g/mol. The van der Waals surface area contributed by atoms with E-state index in [9.17, 15) is 4.79 Å². The summed E-state index contributed by atoms with van der Waals surface area (Å²) >= 11 is 0. The van der Waals surface area contributed by atoms with Crippen molar-refractivity contribution in [3.63, 3.8) is 0 Å². The van der Waals surface area contributed by atoms with Gasteiger partial charge in [0, 0.05) is 18.9 Å². The van der Waals surface area contributed by atoms with Gasteiger partial charge in [-0.15, -0.1) is 0 Å². The Hall–Kier alpha value is -1.71. The molecule has 1 heterocycles. The topological polar surface area (TPSA) is 60.8 Å². The van der Waals surface area contributed by atoms with E-state index >= 15 is 0 Å². The van der Waals surface area contributed by atoms with E-state index in [-0.39, 0.29) is 0 Å². The molecule has 0 saturated heterocycles. The molecule has 15 heavy (non-hydrogen) atoms. The van der Waals surface area contributed by atoms with E-state index in [0.717, 1.165) is 0 Å². The van der Waals surface area contributed by atoms with Crippen LogP contribution in [0.3, 0.4) is 0 Å². The molecule has 1 aromatic rings.